The molecule has 16 heavy (non-hydrogen) atoms. The Morgan fingerprint density at radius 1 is 1.00 bits per heavy atom. The van der Waals surface area contributed by atoms with E-state index < -0.39 is 0 Å². The van der Waals surface area contributed by atoms with Crippen LogP contribution in [0.3, 0.4) is 0 Å². The molecule has 2 nitrogen and oxygen atoms in total. The number of ether oxygens (including phenoxy) is 1. The maximum absolute atomic E-state index is 5.52. The van der Waals surface area contributed by atoms with Crippen LogP contribution >= 0.6 is 0 Å². The third-order valence-corrected chi connectivity index (χ3v) is 4.65. The standard InChI is InChI=1S/C14H25NO/c1-16-13-4-2-3-12(9-13)15-14(10-5-6-10)11-7-8-11/h10-15H,2-9H2,1H3. The minimum atomic E-state index is 0.519. The van der Waals surface area contributed by atoms with E-state index in [1.807, 2.05) is 7.11 Å². The summed E-state index contributed by atoms with van der Waals surface area (Å²) in [6.07, 6.45) is 11.7. The molecule has 2 heteroatoms. The Bertz CT molecular complexity index is 223. The Labute approximate surface area is 99.1 Å². The van der Waals surface area contributed by atoms with E-state index in [2.05, 4.69) is 5.32 Å². The van der Waals surface area contributed by atoms with Gasteiger partial charge in [-0.1, -0.05) is 0 Å². The van der Waals surface area contributed by atoms with E-state index in [0.29, 0.717) is 6.10 Å². The van der Waals surface area contributed by atoms with Crippen LogP contribution in [0, 0.1) is 11.8 Å². The van der Waals surface area contributed by atoms with Crippen LogP contribution in [0.2, 0.25) is 0 Å². The van der Waals surface area contributed by atoms with E-state index in [1.165, 1.54) is 51.4 Å². The Morgan fingerprint density at radius 2 is 1.69 bits per heavy atom. The summed E-state index contributed by atoms with van der Waals surface area (Å²) in [7, 11) is 1.87. The fourth-order valence-electron chi connectivity index (χ4n) is 3.35. The molecule has 0 amide bonds. The molecule has 0 aliphatic heterocycles. The zero-order valence-corrected chi connectivity index (χ0v) is 10.5. The van der Waals surface area contributed by atoms with Gasteiger partial charge < -0.3 is 10.1 Å². The van der Waals surface area contributed by atoms with E-state index in [4.69, 9.17) is 4.74 Å². The molecule has 0 spiro atoms. The predicted octanol–water partition coefficient (Wildman–Crippen LogP) is 2.72. The molecule has 3 fully saturated rings. The number of methoxy groups -OCH3 is 1. The molecule has 0 radical (unpaired) electrons. The average Bonchev–Trinajstić information content (AvgIpc) is 3.18. The minimum absolute atomic E-state index is 0.519. The lowest BCUT2D eigenvalue weighted by atomic mass is 9.91. The molecule has 0 aromatic heterocycles. The van der Waals surface area contributed by atoms with Crippen molar-refractivity contribution in [3.05, 3.63) is 0 Å². The summed E-state index contributed by atoms with van der Waals surface area (Å²) >= 11 is 0. The van der Waals surface area contributed by atoms with Crippen molar-refractivity contribution in [2.45, 2.75) is 69.6 Å². The molecular weight excluding hydrogens is 198 g/mol. The average molecular weight is 223 g/mol. The molecule has 3 aliphatic carbocycles. The number of nitrogens with one attached hydrogen (secondary N) is 1. The first-order valence-electron chi connectivity index (χ1n) is 7.15. The largest absolute Gasteiger partial charge is 0.381 e. The van der Waals surface area contributed by atoms with Gasteiger partial charge in [-0.3, -0.25) is 0 Å². The van der Waals surface area contributed by atoms with E-state index in [1.54, 1.807) is 0 Å². The van der Waals surface area contributed by atoms with Crippen LogP contribution in [-0.2, 0) is 4.74 Å². The second-order valence-electron chi connectivity index (χ2n) is 6.09. The molecule has 0 heterocycles. The quantitative estimate of drug-likeness (QED) is 0.774. The van der Waals surface area contributed by atoms with Crippen LogP contribution in [0.1, 0.15) is 51.4 Å². The summed E-state index contributed by atoms with van der Waals surface area (Å²) < 4.78 is 5.52. The maximum atomic E-state index is 5.52. The molecule has 0 bridgehead atoms. The lowest BCUT2D eigenvalue weighted by molar-refractivity contribution is 0.0557. The van der Waals surface area contributed by atoms with Crippen molar-refractivity contribution in [3.63, 3.8) is 0 Å². The van der Waals surface area contributed by atoms with Gasteiger partial charge in [0, 0.05) is 19.2 Å². The van der Waals surface area contributed by atoms with E-state index in [0.717, 1.165) is 23.9 Å². The van der Waals surface area contributed by atoms with Crippen molar-refractivity contribution in [1.82, 2.24) is 5.32 Å². The summed E-state index contributed by atoms with van der Waals surface area (Å²) in [6, 6.07) is 1.60. The highest BCUT2D eigenvalue weighted by Crippen LogP contribution is 2.45. The van der Waals surface area contributed by atoms with Crippen molar-refractivity contribution in [2.24, 2.45) is 11.8 Å². The summed E-state index contributed by atoms with van der Waals surface area (Å²) in [5, 5.41) is 3.96. The van der Waals surface area contributed by atoms with Crippen LogP contribution in [0.15, 0.2) is 0 Å². The molecular formula is C14H25NO. The topological polar surface area (TPSA) is 21.3 Å². The van der Waals surface area contributed by atoms with Crippen molar-refractivity contribution >= 4 is 0 Å². The Morgan fingerprint density at radius 3 is 2.25 bits per heavy atom. The van der Waals surface area contributed by atoms with E-state index in [9.17, 15) is 0 Å². The van der Waals surface area contributed by atoms with Crippen LogP contribution in [-0.4, -0.2) is 25.3 Å². The first kappa shape index (κ1) is 11.0. The third-order valence-electron chi connectivity index (χ3n) is 4.65. The monoisotopic (exact) mass is 223 g/mol. The minimum Gasteiger partial charge on any atom is -0.381 e. The van der Waals surface area contributed by atoms with Crippen molar-refractivity contribution in [2.75, 3.05) is 7.11 Å². The molecule has 92 valence electrons. The van der Waals surface area contributed by atoms with Crippen LogP contribution in [0.25, 0.3) is 0 Å². The van der Waals surface area contributed by atoms with Gasteiger partial charge in [-0.25, -0.2) is 0 Å². The van der Waals surface area contributed by atoms with Crippen LogP contribution in [0.4, 0.5) is 0 Å². The highest BCUT2D eigenvalue weighted by atomic mass is 16.5. The van der Waals surface area contributed by atoms with Crippen LogP contribution < -0.4 is 5.32 Å². The molecule has 3 rings (SSSR count). The molecule has 1 N–H and O–H groups in total. The van der Waals surface area contributed by atoms with Gasteiger partial charge in [-0.2, -0.15) is 0 Å². The van der Waals surface area contributed by atoms with Crippen molar-refractivity contribution < 1.29 is 4.74 Å². The molecule has 3 saturated carbocycles. The lowest BCUT2D eigenvalue weighted by Gasteiger charge is -2.32. The second kappa shape index (κ2) is 4.66. The van der Waals surface area contributed by atoms with Crippen molar-refractivity contribution in [1.29, 1.82) is 0 Å². The Hall–Kier alpha value is -0.0800. The molecule has 2 unspecified atom stereocenters. The first-order chi connectivity index (χ1) is 7.86. The van der Waals surface area contributed by atoms with Gasteiger partial charge in [0.05, 0.1) is 6.10 Å². The summed E-state index contributed by atoms with van der Waals surface area (Å²) in [4.78, 5) is 0. The zero-order chi connectivity index (χ0) is 11.0. The fraction of sp³-hybridized carbons (Fsp3) is 1.00. The molecule has 0 aromatic rings. The van der Waals surface area contributed by atoms with Gasteiger partial charge in [-0.05, 0) is 63.2 Å². The Kier molecular flexibility index (Phi) is 3.21. The third kappa shape index (κ3) is 2.60. The second-order valence-corrected chi connectivity index (χ2v) is 6.09. The normalized spacial score (nSPS) is 35.6. The lowest BCUT2D eigenvalue weighted by Crippen LogP contribution is -2.44. The smallest absolute Gasteiger partial charge is 0.0586 e. The highest BCUT2D eigenvalue weighted by molar-refractivity contribution is 4.98. The van der Waals surface area contributed by atoms with Gasteiger partial charge in [0.25, 0.3) is 0 Å². The summed E-state index contributed by atoms with van der Waals surface area (Å²) in [5.74, 6) is 2.05. The molecule has 0 saturated heterocycles. The number of rotatable bonds is 5. The first-order valence-corrected chi connectivity index (χ1v) is 7.15. The van der Waals surface area contributed by atoms with Gasteiger partial charge in [0.1, 0.15) is 0 Å². The molecule has 3 aliphatic rings. The van der Waals surface area contributed by atoms with Crippen LogP contribution in [0.5, 0.6) is 0 Å². The number of hydrogen-bond donors (Lipinski definition) is 1. The molecule has 0 aromatic carbocycles. The van der Waals surface area contributed by atoms with E-state index in [-0.39, 0.29) is 0 Å². The predicted molar refractivity (Wildman–Crippen MR) is 65.4 cm³/mol. The summed E-state index contributed by atoms with van der Waals surface area (Å²) in [6.45, 7) is 0. The van der Waals surface area contributed by atoms with Crippen molar-refractivity contribution in [3.8, 4) is 0 Å². The van der Waals surface area contributed by atoms with E-state index >= 15 is 0 Å². The van der Waals surface area contributed by atoms with Gasteiger partial charge in [-0.15, -0.1) is 0 Å². The SMILES string of the molecule is COC1CCCC(NC(C2CC2)C2CC2)C1. The summed E-state index contributed by atoms with van der Waals surface area (Å²) in [5.41, 5.74) is 0. The van der Waals surface area contributed by atoms with Gasteiger partial charge in [0.2, 0.25) is 0 Å². The maximum Gasteiger partial charge on any atom is 0.0586 e. The Balaban J connectivity index is 1.51. The highest BCUT2D eigenvalue weighted by Gasteiger charge is 2.42. The zero-order valence-electron chi connectivity index (χ0n) is 10.5. The molecule has 2 atom stereocenters. The fourth-order valence-corrected chi connectivity index (χ4v) is 3.35. The number of hydrogen-bond acceptors (Lipinski definition) is 2. The van der Waals surface area contributed by atoms with Gasteiger partial charge in [0.15, 0.2) is 0 Å². The van der Waals surface area contributed by atoms with Gasteiger partial charge >= 0.3 is 0 Å².